The van der Waals surface area contributed by atoms with E-state index in [4.69, 9.17) is 9.84 Å². The summed E-state index contributed by atoms with van der Waals surface area (Å²) in [5.74, 6) is 0.696. The van der Waals surface area contributed by atoms with E-state index in [1.807, 2.05) is 47.0 Å². The van der Waals surface area contributed by atoms with Crippen molar-refractivity contribution >= 4 is 11.0 Å². The van der Waals surface area contributed by atoms with E-state index >= 15 is 0 Å². The molecule has 2 aromatic carbocycles. The Morgan fingerprint density at radius 1 is 1.10 bits per heavy atom. The van der Waals surface area contributed by atoms with Crippen LogP contribution in [0.1, 0.15) is 5.56 Å². The van der Waals surface area contributed by atoms with Crippen molar-refractivity contribution in [2.24, 2.45) is 0 Å². The van der Waals surface area contributed by atoms with Crippen molar-refractivity contribution in [1.29, 1.82) is 0 Å². The molecule has 0 saturated carbocycles. The van der Waals surface area contributed by atoms with Gasteiger partial charge < -0.3 is 14.9 Å². The minimum atomic E-state index is -0.0158. The Hall–Kier alpha value is -2.37. The molecule has 0 bridgehead atoms. The van der Waals surface area contributed by atoms with Crippen molar-refractivity contribution in [3.8, 4) is 11.4 Å². The number of ether oxygens (including phenoxy) is 1. The first-order valence-corrected chi connectivity index (χ1v) is 6.73. The van der Waals surface area contributed by atoms with E-state index in [2.05, 4.69) is 4.98 Å². The summed E-state index contributed by atoms with van der Waals surface area (Å²) in [4.78, 5) is 4.36. The largest absolute Gasteiger partial charge is 0.491 e. The Labute approximate surface area is 122 Å². The number of nitrogens with zero attached hydrogens (tertiary/aromatic N) is 2. The van der Waals surface area contributed by atoms with Crippen LogP contribution in [0.3, 0.4) is 0 Å². The lowest BCUT2D eigenvalue weighted by molar-refractivity contribution is 0.201. The van der Waals surface area contributed by atoms with Gasteiger partial charge in [0.1, 0.15) is 18.7 Å². The van der Waals surface area contributed by atoms with Crippen molar-refractivity contribution < 1.29 is 14.9 Å². The normalized spacial score (nSPS) is 11.0. The highest BCUT2D eigenvalue weighted by atomic mass is 16.5. The number of hydrogen-bond donors (Lipinski definition) is 2. The fourth-order valence-electron chi connectivity index (χ4n) is 2.24. The van der Waals surface area contributed by atoms with Crippen molar-refractivity contribution in [2.45, 2.75) is 6.61 Å². The summed E-state index contributed by atoms with van der Waals surface area (Å²) in [6, 6.07) is 13.3. The summed E-state index contributed by atoms with van der Waals surface area (Å²) in [6.07, 6.45) is 1.75. The van der Waals surface area contributed by atoms with Gasteiger partial charge >= 0.3 is 0 Å². The minimum Gasteiger partial charge on any atom is -0.491 e. The average Bonchev–Trinajstić information content (AvgIpc) is 2.96. The third-order valence-corrected chi connectivity index (χ3v) is 3.25. The third kappa shape index (κ3) is 2.74. The molecule has 5 nitrogen and oxygen atoms in total. The number of rotatable bonds is 5. The van der Waals surface area contributed by atoms with Gasteiger partial charge in [0.2, 0.25) is 0 Å². The quantitative estimate of drug-likeness (QED) is 0.751. The molecule has 0 radical (unpaired) electrons. The van der Waals surface area contributed by atoms with E-state index in [1.165, 1.54) is 0 Å². The molecule has 0 aliphatic heterocycles. The molecule has 1 aromatic heterocycles. The van der Waals surface area contributed by atoms with Crippen LogP contribution < -0.4 is 4.74 Å². The second-order valence-electron chi connectivity index (χ2n) is 4.67. The number of benzene rings is 2. The molecule has 0 atom stereocenters. The summed E-state index contributed by atoms with van der Waals surface area (Å²) in [7, 11) is 0. The number of fused-ring (bicyclic) bond motifs is 1. The van der Waals surface area contributed by atoms with Crippen LogP contribution in [0.25, 0.3) is 16.7 Å². The Morgan fingerprint density at radius 3 is 2.81 bits per heavy atom. The Morgan fingerprint density at radius 2 is 2.00 bits per heavy atom. The molecule has 0 unspecified atom stereocenters. The topological polar surface area (TPSA) is 67.5 Å². The predicted molar refractivity (Wildman–Crippen MR) is 79.6 cm³/mol. The van der Waals surface area contributed by atoms with Crippen molar-refractivity contribution in [3.63, 3.8) is 0 Å². The molecule has 0 spiro atoms. The van der Waals surface area contributed by atoms with Gasteiger partial charge in [0, 0.05) is 6.07 Å². The molecule has 5 heteroatoms. The van der Waals surface area contributed by atoms with E-state index in [9.17, 15) is 5.11 Å². The minimum absolute atomic E-state index is 0.000765. The van der Waals surface area contributed by atoms with E-state index in [1.54, 1.807) is 6.33 Å². The van der Waals surface area contributed by atoms with Crippen LogP contribution in [0.4, 0.5) is 0 Å². The number of imidazole rings is 1. The van der Waals surface area contributed by atoms with Gasteiger partial charge in [-0.05, 0) is 29.8 Å². The third-order valence-electron chi connectivity index (χ3n) is 3.25. The fraction of sp³-hybridized carbons (Fsp3) is 0.188. The van der Waals surface area contributed by atoms with E-state index in [0.29, 0.717) is 5.75 Å². The summed E-state index contributed by atoms with van der Waals surface area (Å²) < 4.78 is 7.37. The van der Waals surface area contributed by atoms with Crippen LogP contribution in [0.5, 0.6) is 5.75 Å². The van der Waals surface area contributed by atoms with Gasteiger partial charge in [-0.3, -0.25) is 4.57 Å². The standard InChI is InChI=1S/C16H16N2O3/c19-6-7-21-14-3-1-2-13(9-14)18-11-17-15-5-4-12(10-20)8-16(15)18/h1-5,8-9,11,19-20H,6-7,10H2. The smallest absolute Gasteiger partial charge is 0.121 e. The van der Waals surface area contributed by atoms with Gasteiger partial charge in [0.05, 0.1) is 29.9 Å². The summed E-state index contributed by atoms with van der Waals surface area (Å²) in [6.45, 7) is 0.252. The summed E-state index contributed by atoms with van der Waals surface area (Å²) in [5.41, 5.74) is 3.56. The first kappa shape index (κ1) is 13.6. The van der Waals surface area contributed by atoms with Crippen LogP contribution in [-0.4, -0.2) is 33.0 Å². The molecule has 0 saturated heterocycles. The molecule has 2 N–H and O–H groups in total. The summed E-state index contributed by atoms with van der Waals surface area (Å²) >= 11 is 0. The number of aromatic nitrogens is 2. The highest BCUT2D eigenvalue weighted by molar-refractivity contribution is 5.78. The van der Waals surface area contributed by atoms with Gasteiger partial charge in [-0.25, -0.2) is 4.98 Å². The van der Waals surface area contributed by atoms with Crippen LogP contribution in [0.15, 0.2) is 48.8 Å². The van der Waals surface area contributed by atoms with Gasteiger partial charge in [-0.15, -0.1) is 0 Å². The Balaban J connectivity index is 2.03. The molecule has 1 heterocycles. The monoisotopic (exact) mass is 284 g/mol. The molecule has 108 valence electrons. The molecular weight excluding hydrogens is 268 g/mol. The predicted octanol–water partition coefficient (Wildman–Crippen LogP) is 1.89. The van der Waals surface area contributed by atoms with Gasteiger partial charge in [0.15, 0.2) is 0 Å². The number of hydrogen-bond acceptors (Lipinski definition) is 4. The maximum Gasteiger partial charge on any atom is 0.121 e. The fourth-order valence-corrected chi connectivity index (χ4v) is 2.24. The number of aliphatic hydroxyl groups is 2. The number of aliphatic hydroxyl groups excluding tert-OH is 2. The van der Waals surface area contributed by atoms with Crippen molar-refractivity contribution in [1.82, 2.24) is 9.55 Å². The van der Waals surface area contributed by atoms with Crippen LogP contribution >= 0.6 is 0 Å². The molecule has 0 amide bonds. The molecule has 21 heavy (non-hydrogen) atoms. The highest BCUT2D eigenvalue weighted by Crippen LogP contribution is 2.22. The maximum absolute atomic E-state index is 9.26. The maximum atomic E-state index is 9.26. The lowest BCUT2D eigenvalue weighted by Gasteiger charge is -2.08. The van der Waals surface area contributed by atoms with Crippen molar-refractivity contribution in [3.05, 3.63) is 54.4 Å². The Kier molecular flexibility index (Phi) is 3.85. The van der Waals surface area contributed by atoms with E-state index < -0.39 is 0 Å². The molecule has 0 fully saturated rings. The SMILES string of the molecule is OCCOc1cccc(-n2cnc3ccc(CO)cc32)c1. The van der Waals surface area contributed by atoms with Gasteiger partial charge in [-0.2, -0.15) is 0 Å². The van der Waals surface area contributed by atoms with Crippen LogP contribution in [-0.2, 0) is 6.61 Å². The molecule has 3 rings (SSSR count). The van der Waals surface area contributed by atoms with Gasteiger partial charge in [0.25, 0.3) is 0 Å². The van der Waals surface area contributed by atoms with Gasteiger partial charge in [-0.1, -0.05) is 12.1 Å². The second-order valence-corrected chi connectivity index (χ2v) is 4.67. The lowest BCUT2D eigenvalue weighted by atomic mass is 10.2. The average molecular weight is 284 g/mol. The zero-order valence-corrected chi connectivity index (χ0v) is 11.4. The zero-order valence-electron chi connectivity index (χ0n) is 11.4. The zero-order chi connectivity index (χ0) is 14.7. The second kappa shape index (κ2) is 5.95. The molecular formula is C16H16N2O3. The molecule has 3 aromatic rings. The summed E-state index contributed by atoms with van der Waals surface area (Å²) in [5, 5.41) is 18.1. The molecule has 0 aliphatic carbocycles. The molecule has 0 aliphatic rings. The Bertz CT molecular complexity index is 752. The van der Waals surface area contributed by atoms with Crippen LogP contribution in [0.2, 0.25) is 0 Å². The first-order chi connectivity index (χ1) is 10.3. The first-order valence-electron chi connectivity index (χ1n) is 6.73. The van der Waals surface area contributed by atoms with E-state index in [0.717, 1.165) is 22.3 Å². The lowest BCUT2D eigenvalue weighted by Crippen LogP contribution is -2.02. The van der Waals surface area contributed by atoms with Crippen molar-refractivity contribution in [2.75, 3.05) is 13.2 Å². The van der Waals surface area contributed by atoms with E-state index in [-0.39, 0.29) is 19.8 Å². The van der Waals surface area contributed by atoms with Crippen LogP contribution in [0, 0.1) is 0 Å². The highest BCUT2D eigenvalue weighted by Gasteiger charge is 2.06.